The number of hydrogen-bond acceptors (Lipinski definition) is 4. The molecule has 4 rings (SSSR count). The van der Waals surface area contributed by atoms with Gasteiger partial charge in [-0.25, -0.2) is 0 Å². The standard InChI is InChI=1S/C25H27N3O3/c1-3-24(29)28-14-12-27(13-15-28)22-11-7-6-10-21(22)26-25(30)20-16-18-8-4-5-9-19(18)17-23(20)31-2/h4-11,16-17H,3,12-15H2,1-2H3,(H,26,30). The van der Waals surface area contributed by atoms with Crippen LogP contribution in [-0.2, 0) is 4.79 Å². The summed E-state index contributed by atoms with van der Waals surface area (Å²) in [4.78, 5) is 29.3. The largest absolute Gasteiger partial charge is 0.496 e. The predicted molar refractivity (Wildman–Crippen MR) is 124 cm³/mol. The third-order valence-electron chi connectivity index (χ3n) is 5.74. The molecule has 160 valence electrons. The molecule has 6 heteroatoms. The van der Waals surface area contributed by atoms with Gasteiger partial charge in [0.05, 0.1) is 24.0 Å². The molecule has 3 aromatic rings. The van der Waals surface area contributed by atoms with Crippen molar-refractivity contribution in [2.24, 2.45) is 0 Å². The fourth-order valence-corrected chi connectivity index (χ4v) is 4.03. The zero-order valence-corrected chi connectivity index (χ0v) is 17.9. The first-order valence-electron chi connectivity index (χ1n) is 10.6. The smallest absolute Gasteiger partial charge is 0.259 e. The molecule has 1 fully saturated rings. The molecule has 1 N–H and O–H groups in total. The Kier molecular flexibility index (Phi) is 6.07. The van der Waals surface area contributed by atoms with E-state index in [-0.39, 0.29) is 11.8 Å². The van der Waals surface area contributed by atoms with Crippen molar-refractivity contribution in [1.29, 1.82) is 0 Å². The summed E-state index contributed by atoms with van der Waals surface area (Å²) in [5.74, 6) is 0.514. The Hall–Kier alpha value is -3.54. The van der Waals surface area contributed by atoms with Crippen LogP contribution in [0.15, 0.2) is 60.7 Å². The molecule has 1 heterocycles. The van der Waals surface area contributed by atoms with Gasteiger partial charge in [-0.05, 0) is 35.0 Å². The first-order valence-corrected chi connectivity index (χ1v) is 10.6. The van der Waals surface area contributed by atoms with Gasteiger partial charge in [-0.3, -0.25) is 9.59 Å². The summed E-state index contributed by atoms with van der Waals surface area (Å²) >= 11 is 0. The number of nitrogens with zero attached hydrogens (tertiary/aromatic N) is 2. The van der Waals surface area contributed by atoms with E-state index in [2.05, 4.69) is 10.2 Å². The maximum atomic E-state index is 13.2. The van der Waals surface area contributed by atoms with Crippen molar-refractivity contribution in [1.82, 2.24) is 4.90 Å². The van der Waals surface area contributed by atoms with Crippen molar-refractivity contribution in [3.63, 3.8) is 0 Å². The van der Waals surface area contributed by atoms with Gasteiger partial charge in [0.1, 0.15) is 5.75 Å². The van der Waals surface area contributed by atoms with Crippen molar-refractivity contribution in [3.05, 3.63) is 66.2 Å². The van der Waals surface area contributed by atoms with Crippen molar-refractivity contribution < 1.29 is 14.3 Å². The maximum Gasteiger partial charge on any atom is 0.259 e. The number of hydrogen-bond donors (Lipinski definition) is 1. The predicted octanol–water partition coefficient (Wildman–Crippen LogP) is 4.16. The summed E-state index contributed by atoms with van der Waals surface area (Å²) in [6.07, 6.45) is 0.528. The summed E-state index contributed by atoms with van der Waals surface area (Å²) in [6, 6.07) is 19.4. The van der Waals surface area contributed by atoms with Gasteiger partial charge in [-0.15, -0.1) is 0 Å². The molecule has 31 heavy (non-hydrogen) atoms. The maximum absolute atomic E-state index is 13.2. The number of anilines is 2. The lowest BCUT2D eigenvalue weighted by Crippen LogP contribution is -2.48. The molecule has 0 spiro atoms. The number of nitrogens with one attached hydrogen (secondary N) is 1. The Morgan fingerprint density at radius 2 is 1.58 bits per heavy atom. The van der Waals surface area contributed by atoms with Gasteiger partial charge in [0, 0.05) is 32.6 Å². The summed E-state index contributed by atoms with van der Waals surface area (Å²) in [5.41, 5.74) is 2.20. The van der Waals surface area contributed by atoms with E-state index in [1.54, 1.807) is 7.11 Å². The van der Waals surface area contributed by atoms with Gasteiger partial charge in [0.15, 0.2) is 0 Å². The average Bonchev–Trinajstić information content (AvgIpc) is 2.83. The second-order valence-electron chi connectivity index (χ2n) is 7.59. The van der Waals surface area contributed by atoms with Crippen LogP contribution in [0, 0.1) is 0 Å². The molecule has 0 aliphatic carbocycles. The van der Waals surface area contributed by atoms with Gasteiger partial charge in [-0.2, -0.15) is 0 Å². The highest BCUT2D eigenvalue weighted by Crippen LogP contribution is 2.30. The van der Waals surface area contributed by atoms with Crippen LogP contribution >= 0.6 is 0 Å². The van der Waals surface area contributed by atoms with Crippen molar-refractivity contribution >= 4 is 34.0 Å². The third-order valence-corrected chi connectivity index (χ3v) is 5.74. The number of amides is 2. The van der Waals surface area contributed by atoms with E-state index in [1.807, 2.05) is 72.5 Å². The first kappa shape index (κ1) is 20.7. The molecule has 1 saturated heterocycles. The molecule has 2 amide bonds. The molecule has 0 saturated carbocycles. The van der Waals surface area contributed by atoms with Crippen LogP contribution in [0.4, 0.5) is 11.4 Å². The topological polar surface area (TPSA) is 61.9 Å². The second-order valence-corrected chi connectivity index (χ2v) is 7.59. The number of carbonyl (C=O) groups is 2. The molecule has 0 unspecified atom stereocenters. The number of para-hydroxylation sites is 2. The van der Waals surface area contributed by atoms with E-state index in [1.165, 1.54) is 0 Å². The van der Waals surface area contributed by atoms with Crippen LogP contribution < -0.4 is 15.0 Å². The number of methoxy groups -OCH3 is 1. The van der Waals surface area contributed by atoms with E-state index < -0.39 is 0 Å². The molecule has 6 nitrogen and oxygen atoms in total. The Bertz CT molecular complexity index is 1100. The lowest BCUT2D eigenvalue weighted by atomic mass is 10.0. The average molecular weight is 418 g/mol. The number of rotatable bonds is 5. The molecule has 0 atom stereocenters. The molecule has 0 aromatic heterocycles. The van der Waals surface area contributed by atoms with Crippen molar-refractivity contribution in [2.45, 2.75) is 13.3 Å². The quantitative estimate of drug-likeness (QED) is 0.677. The van der Waals surface area contributed by atoms with Crippen LogP contribution in [-0.4, -0.2) is 50.0 Å². The van der Waals surface area contributed by atoms with Crippen LogP contribution in [0.5, 0.6) is 5.75 Å². The molecule has 0 radical (unpaired) electrons. The van der Waals surface area contributed by atoms with E-state index >= 15 is 0 Å². The van der Waals surface area contributed by atoms with E-state index in [9.17, 15) is 9.59 Å². The Morgan fingerprint density at radius 3 is 2.26 bits per heavy atom. The molecule has 3 aromatic carbocycles. The lowest BCUT2D eigenvalue weighted by molar-refractivity contribution is -0.131. The summed E-state index contributed by atoms with van der Waals surface area (Å²) in [7, 11) is 1.58. The molecule has 0 bridgehead atoms. The lowest BCUT2D eigenvalue weighted by Gasteiger charge is -2.36. The number of benzene rings is 3. The minimum Gasteiger partial charge on any atom is -0.496 e. The molecular weight excluding hydrogens is 390 g/mol. The molecule has 1 aliphatic rings. The Morgan fingerprint density at radius 1 is 0.935 bits per heavy atom. The summed E-state index contributed by atoms with van der Waals surface area (Å²) < 4.78 is 5.49. The highest BCUT2D eigenvalue weighted by Gasteiger charge is 2.22. The molecule has 1 aliphatic heterocycles. The highest BCUT2D eigenvalue weighted by molar-refractivity contribution is 6.10. The van der Waals surface area contributed by atoms with Crippen molar-refractivity contribution in [2.75, 3.05) is 43.5 Å². The monoisotopic (exact) mass is 417 g/mol. The Balaban J connectivity index is 1.56. The van der Waals surface area contributed by atoms with E-state index in [4.69, 9.17) is 4.74 Å². The Labute approximate surface area is 182 Å². The summed E-state index contributed by atoms with van der Waals surface area (Å²) in [6.45, 7) is 4.73. The number of fused-ring (bicyclic) bond motifs is 1. The van der Waals surface area contributed by atoms with Gasteiger partial charge >= 0.3 is 0 Å². The van der Waals surface area contributed by atoms with Gasteiger partial charge < -0.3 is 19.9 Å². The van der Waals surface area contributed by atoms with Crippen LogP contribution in [0.3, 0.4) is 0 Å². The van der Waals surface area contributed by atoms with Gasteiger partial charge in [0.2, 0.25) is 5.91 Å². The van der Waals surface area contributed by atoms with Gasteiger partial charge in [0.25, 0.3) is 5.91 Å². The molecular formula is C25H27N3O3. The number of carbonyl (C=O) groups excluding carboxylic acids is 2. The van der Waals surface area contributed by atoms with Crippen LogP contribution in [0.1, 0.15) is 23.7 Å². The van der Waals surface area contributed by atoms with E-state index in [0.29, 0.717) is 30.8 Å². The minimum absolute atomic E-state index is 0.185. The normalized spacial score (nSPS) is 13.9. The fourth-order valence-electron chi connectivity index (χ4n) is 4.03. The highest BCUT2D eigenvalue weighted by atomic mass is 16.5. The van der Waals surface area contributed by atoms with Gasteiger partial charge in [-0.1, -0.05) is 43.3 Å². The fraction of sp³-hybridized carbons (Fsp3) is 0.280. The summed E-state index contributed by atoms with van der Waals surface area (Å²) in [5, 5.41) is 5.08. The minimum atomic E-state index is -0.213. The number of piperazine rings is 1. The third kappa shape index (κ3) is 4.33. The first-order chi connectivity index (χ1) is 15.1. The SMILES string of the molecule is CCC(=O)N1CCN(c2ccccc2NC(=O)c2cc3ccccc3cc2OC)CC1. The van der Waals surface area contributed by atoms with E-state index in [0.717, 1.165) is 35.2 Å². The zero-order chi connectivity index (χ0) is 21.8. The van der Waals surface area contributed by atoms with Crippen LogP contribution in [0.2, 0.25) is 0 Å². The van der Waals surface area contributed by atoms with Crippen molar-refractivity contribution in [3.8, 4) is 5.75 Å². The van der Waals surface area contributed by atoms with Crippen LogP contribution in [0.25, 0.3) is 10.8 Å². The number of ether oxygens (including phenoxy) is 1. The zero-order valence-electron chi connectivity index (χ0n) is 17.9. The second kappa shape index (κ2) is 9.08.